The number of aromatic nitrogens is 2. The Bertz CT molecular complexity index is 524. The van der Waals surface area contributed by atoms with Crippen molar-refractivity contribution >= 4 is 5.91 Å². The summed E-state index contributed by atoms with van der Waals surface area (Å²) >= 11 is 0. The van der Waals surface area contributed by atoms with Crippen LogP contribution in [-0.2, 0) is 18.3 Å². The van der Waals surface area contributed by atoms with Gasteiger partial charge in [0.25, 0.3) is 0 Å². The highest BCUT2D eigenvalue weighted by Gasteiger charge is 2.22. The molecule has 2 rings (SSSR count). The van der Waals surface area contributed by atoms with Crippen LogP contribution < -0.4 is 5.32 Å². The Balaban J connectivity index is 1.84. The Hall–Kier alpha value is -1.36. The maximum absolute atomic E-state index is 12.3. The number of amides is 1. The number of carbonyl (C=O) groups is 1. The van der Waals surface area contributed by atoms with E-state index in [4.69, 9.17) is 0 Å². The summed E-state index contributed by atoms with van der Waals surface area (Å²) in [6.45, 7) is 6.70. The summed E-state index contributed by atoms with van der Waals surface area (Å²) in [6.07, 6.45) is 4.42. The van der Waals surface area contributed by atoms with E-state index in [0.717, 1.165) is 43.5 Å². The van der Waals surface area contributed by atoms with E-state index in [2.05, 4.69) is 10.4 Å². The van der Waals surface area contributed by atoms with Crippen molar-refractivity contribution < 1.29 is 9.90 Å². The van der Waals surface area contributed by atoms with Gasteiger partial charge in [0.2, 0.25) is 5.91 Å². The molecule has 5 nitrogen and oxygen atoms in total. The third-order valence-electron chi connectivity index (χ3n) is 4.94. The molecule has 1 aliphatic rings. The molecular weight excluding hydrogens is 278 g/mol. The SMILES string of the molecule is Cc1nn(C)c(C)c1CC(C)C(=O)NCC1CCCC(O)C1. The fourth-order valence-corrected chi connectivity index (χ4v) is 3.38. The molecule has 1 aromatic rings. The Morgan fingerprint density at radius 1 is 1.45 bits per heavy atom. The number of nitrogens with one attached hydrogen (secondary N) is 1. The van der Waals surface area contributed by atoms with Crippen LogP contribution in [0.3, 0.4) is 0 Å². The Kier molecular flexibility index (Phi) is 5.62. The third kappa shape index (κ3) is 4.09. The molecule has 1 aliphatic carbocycles. The molecule has 0 bridgehead atoms. The fourth-order valence-electron chi connectivity index (χ4n) is 3.38. The molecule has 1 saturated carbocycles. The molecule has 124 valence electrons. The van der Waals surface area contributed by atoms with Crippen LogP contribution in [0.5, 0.6) is 0 Å². The van der Waals surface area contributed by atoms with Gasteiger partial charge in [-0.05, 0) is 51.0 Å². The quantitative estimate of drug-likeness (QED) is 0.873. The molecule has 3 atom stereocenters. The largest absolute Gasteiger partial charge is 0.393 e. The van der Waals surface area contributed by atoms with Gasteiger partial charge in [-0.2, -0.15) is 5.10 Å². The average molecular weight is 307 g/mol. The zero-order chi connectivity index (χ0) is 16.3. The van der Waals surface area contributed by atoms with Gasteiger partial charge in [0.1, 0.15) is 0 Å². The molecular formula is C17H29N3O2. The number of aliphatic hydroxyl groups is 1. The summed E-state index contributed by atoms with van der Waals surface area (Å²) in [4.78, 5) is 12.3. The highest BCUT2D eigenvalue weighted by atomic mass is 16.3. The van der Waals surface area contributed by atoms with Crippen LogP contribution in [0, 0.1) is 25.7 Å². The maximum atomic E-state index is 12.3. The van der Waals surface area contributed by atoms with Gasteiger partial charge in [-0.1, -0.05) is 13.3 Å². The molecule has 0 spiro atoms. The highest BCUT2D eigenvalue weighted by molar-refractivity contribution is 5.78. The van der Waals surface area contributed by atoms with Crippen LogP contribution in [0.4, 0.5) is 0 Å². The first-order chi connectivity index (χ1) is 10.4. The minimum Gasteiger partial charge on any atom is -0.393 e. The van der Waals surface area contributed by atoms with Crippen LogP contribution in [0.2, 0.25) is 0 Å². The second-order valence-electron chi connectivity index (χ2n) is 6.81. The van der Waals surface area contributed by atoms with E-state index in [1.807, 2.05) is 32.5 Å². The minimum atomic E-state index is -0.186. The second kappa shape index (κ2) is 7.27. The molecule has 1 aromatic heterocycles. The molecule has 5 heteroatoms. The molecule has 0 saturated heterocycles. The predicted molar refractivity (Wildman–Crippen MR) is 86.5 cm³/mol. The Morgan fingerprint density at radius 2 is 2.18 bits per heavy atom. The number of rotatable bonds is 5. The summed E-state index contributed by atoms with van der Waals surface area (Å²) in [7, 11) is 1.94. The van der Waals surface area contributed by atoms with Crippen molar-refractivity contribution in [2.75, 3.05) is 6.54 Å². The van der Waals surface area contributed by atoms with Crippen LogP contribution >= 0.6 is 0 Å². The topological polar surface area (TPSA) is 67.2 Å². The molecule has 22 heavy (non-hydrogen) atoms. The summed E-state index contributed by atoms with van der Waals surface area (Å²) in [5.74, 6) is 0.458. The second-order valence-corrected chi connectivity index (χ2v) is 6.81. The number of carbonyl (C=O) groups excluding carboxylic acids is 1. The smallest absolute Gasteiger partial charge is 0.223 e. The fraction of sp³-hybridized carbons (Fsp3) is 0.765. The van der Waals surface area contributed by atoms with Gasteiger partial charge in [-0.25, -0.2) is 0 Å². The van der Waals surface area contributed by atoms with Crippen molar-refractivity contribution in [2.45, 2.75) is 59.0 Å². The van der Waals surface area contributed by atoms with Crippen LogP contribution in [-0.4, -0.2) is 33.4 Å². The molecule has 0 aromatic carbocycles. The number of hydrogen-bond donors (Lipinski definition) is 2. The molecule has 3 unspecified atom stereocenters. The summed E-state index contributed by atoms with van der Waals surface area (Å²) in [6, 6.07) is 0. The third-order valence-corrected chi connectivity index (χ3v) is 4.94. The standard InChI is InChI=1S/C17H29N3O2/c1-11(8-16-12(2)19-20(4)13(16)3)17(22)18-10-14-6-5-7-15(21)9-14/h11,14-15,21H,5-10H2,1-4H3,(H,18,22). The first-order valence-electron chi connectivity index (χ1n) is 8.33. The molecule has 1 heterocycles. The van der Waals surface area contributed by atoms with Gasteiger partial charge < -0.3 is 10.4 Å². The van der Waals surface area contributed by atoms with Gasteiger partial charge in [0.05, 0.1) is 11.8 Å². The molecule has 1 fully saturated rings. The van der Waals surface area contributed by atoms with Crippen LogP contribution in [0.15, 0.2) is 0 Å². The molecule has 2 N–H and O–H groups in total. The van der Waals surface area contributed by atoms with E-state index >= 15 is 0 Å². The zero-order valence-electron chi connectivity index (χ0n) is 14.2. The predicted octanol–water partition coefficient (Wildman–Crippen LogP) is 1.88. The zero-order valence-corrected chi connectivity index (χ0v) is 14.2. The van der Waals surface area contributed by atoms with E-state index in [-0.39, 0.29) is 17.9 Å². The minimum absolute atomic E-state index is 0.0601. The van der Waals surface area contributed by atoms with Crippen molar-refractivity contribution in [3.63, 3.8) is 0 Å². The lowest BCUT2D eigenvalue weighted by Gasteiger charge is -2.26. The van der Waals surface area contributed by atoms with Crippen molar-refractivity contribution in [1.82, 2.24) is 15.1 Å². The van der Waals surface area contributed by atoms with Gasteiger partial charge in [0.15, 0.2) is 0 Å². The van der Waals surface area contributed by atoms with Crippen LogP contribution in [0.1, 0.15) is 49.6 Å². The molecule has 0 radical (unpaired) electrons. The van der Waals surface area contributed by atoms with E-state index in [1.165, 1.54) is 5.56 Å². The number of aryl methyl sites for hydroxylation is 2. The summed E-state index contributed by atoms with van der Waals surface area (Å²) in [5.41, 5.74) is 3.32. The summed E-state index contributed by atoms with van der Waals surface area (Å²) < 4.78 is 1.87. The van der Waals surface area contributed by atoms with E-state index in [0.29, 0.717) is 12.5 Å². The first kappa shape index (κ1) is 17.0. The Morgan fingerprint density at radius 3 is 2.77 bits per heavy atom. The lowest BCUT2D eigenvalue weighted by Crippen LogP contribution is -2.36. The van der Waals surface area contributed by atoms with Gasteiger partial charge in [-0.15, -0.1) is 0 Å². The molecule has 1 amide bonds. The van der Waals surface area contributed by atoms with Gasteiger partial charge >= 0.3 is 0 Å². The monoisotopic (exact) mass is 307 g/mol. The van der Waals surface area contributed by atoms with E-state index in [1.54, 1.807) is 0 Å². The lowest BCUT2D eigenvalue weighted by atomic mass is 9.87. The summed E-state index contributed by atoms with van der Waals surface area (Å²) in [5, 5.41) is 17.2. The Labute approximate surface area is 133 Å². The number of aliphatic hydroxyl groups excluding tert-OH is 1. The van der Waals surface area contributed by atoms with Crippen molar-refractivity contribution in [2.24, 2.45) is 18.9 Å². The number of hydrogen-bond acceptors (Lipinski definition) is 3. The van der Waals surface area contributed by atoms with E-state index in [9.17, 15) is 9.90 Å². The van der Waals surface area contributed by atoms with Gasteiger partial charge in [-0.3, -0.25) is 9.48 Å². The van der Waals surface area contributed by atoms with E-state index < -0.39 is 0 Å². The maximum Gasteiger partial charge on any atom is 0.223 e. The first-order valence-corrected chi connectivity index (χ1v) is 8.33. The van der Waals surface area contributed by atoms with Crippen LogP contribution in [0.25, 0.3) is 0 Å². The normalized spacial score (nSPS) is 23.3. The molecule has 0 aliphatic heterocycles. The average Bonchev–Trinajstić information content (AvgIpc) is 2.71. The van der Waals surface area contributed by atoms with Gasteiger partial charge in [0, 0.05) is 25.2 Å². The lowest BCUT2D eigenvalue weighted by molar-refractivity contribution is -0.124. The number of nitrogens with zero attached hydrogens (tertiary/aromatic N) is 2. The van der Waals surface area contributed by atoms with Crippen molar-refractivity contribution in [1.29, 1.82) is 0 Å². The van der Waals surface area contributed by atoms with Crippen molar-refractivity contribution in [3.05, 3.63) is 17.0 Å². The highest BCUT2D eigenvalue weighted by Crippen LogP contribution is 2.23. The van der Waals surface area contributed by atoms with Crippen molar-refractivity contribution in [3.8, 4) is 0 Å².